The molecule has 1 saturated heterocycles. The average Bonchev–Trinajstić information content (AvgIpc) is 3.06. The topological polar surface area (TPSA) is 64.0 Å². The first kappa shape index (κ1) is 18.2. The number of aromatic nitrogens is 2. The van der Waals surface area contributed by atoms with Crippen LogP contribution in [0.3, 0.4) is 0 Å². The van der Waals surface area contributed by atoms with E-state index in [-0.39, 0.29) is 11.8 Å². The highest BCUT2D eigenvalue weighted by atomic mass is 32.2. The second-order valence-electron chi connectivity index (χ2n) is 10.2. The Labute approximate surface area is 163 Å². The Bertz CT molecular complexity index is 807. The highest BCUT2D eigenvalue weighted by Gasteiger charge is 2.50. The van der Waals surface area contributed by atoms with E-state index < -0.39 is 9.84 Å². The third kappa shape index (κ3) is 3.27. The summed E-state index contributed by atoms with van der Waals surface area (Å²) in [6.45, 7) is 6.17. The van der Waals surface area contributed by atoms with Crippen molar-refractivity contribution in [3.05, 3.63) is 17.0 Å². The summed E-state index contributed by atoms with van der Waals surface area (Å²) in [7, 11) is -2.88. The minimum atomic E-state index is -2.88. The summed E-state index contributed by atoms with van der Waals surface area (Å²) in [5, 5.41) is 8.50. The SMILES string of the molecule is Cc1nn([C@H]2CCS(=O)(=O)C2)c(C)c1CNCC12CC3CC(CC(C3)C1)C2. The summed E-state index contributed by atoms with van der Waals surface area (Å²) in [6.07, 6.45) is 9.48. The van der Waals surface area contributed by atoms with Gasteiger partial charge in [0.15, 0.2) is 9.84 Å². The molecule has 0 amide bonds. The van der Waals surface area contributed by atoms with E-state index in [4.69, 9.17) is 5.10 Å². The molecule has 1 aromatic rings. The number of rotatable bonds is 5. The fourth-order valence-corrected chi connectivity index (χ4v) is 8.93. The first-order valence-electron chi connectivity index (χ1n) is 10.8. The summed E-state index contributed by atoms with van der Waals surface area (Å²) < 4.78 is 25.7. The summed E-state index contributed by atoms with van der Waals surface area (Å²) in [4.78, 5) is 0. The fraction of sp³-hybridized carbons (Fsp3) is 0.857. The molecule has 6 heteroatoms. The number of nitrogens with zero attached hydrogens (tertiary/aromatic N) is 2. The molecule has 1 aliphatic heterocycles. The van der Waals surface area contributed by atoms with Gasteiger partial charge >= 0.3 is 0 Å². The van der Waals surface area contributed by atoms with Crippen LogP contribution in [0.5, 0.6) is 0 Å². The minimum Gasteiger partial charge on any atom is -0.312 e. The number of nitrogens with one attached hydrogen (secondary N) is 1. The van der Waals surface area contributed by atoms with Crippen molar-refractivity contribution in [2.45, 2.75) is 71.4 Å². The maximum absolute atomic E-state index is 11.8. The van der Waals surface area contributed by atoms with E-state index >= 15 is 0 Å². The molecule has 1 aromatic heterocycles. The van der Waals surface area contributed by atoms with Gasteiger partial charge in [0.2, 0.25) is 0 Å². The lowest BCUT2D eigenvalue weighted by Gasteiger charge is -2.57. The third-order valence-electron chi connectivity index (χ3n) is 8.00. The van der Waals surface area contributed by atoms with Crippen LogP contribution in [0.2, 0.25) is 0 Å². The quantitative estimate of drug-likeness (QED) is 0.837. The lowest BCUT2D eigenvalue weighted by Crippen LogP contribution is -2.50. The number of aryl methyl sites for hydroxylation is 1. The Morgan fingerprint density at radius 1 is 1.11 bits per heavy atom. The maximum atomic E-state index is 11.8. The zero-order valence-corrected chi connectivity index (χ0v) is 17.5. The van der Waals surface area contributed by atoms with Gasteiger partial charge in [-0.1, -0.05) is 0 Å². The highest BCUT2D eigenvalue weighted by molar-refractivity contribution is 7.91. The Hall–Kier alpha value is -0.880. The zero-order valence-electron chi connectivity index (χ0n) is 16.7. The molecule has 2 heterocycles. The largest absolute Gasteiger partial charge is 0.312 e. The van der Waals surface area contributed by atoms with Gasteiger partial charge in [-0.15, -0.1) is 0 Å². The number of sulfone groups is 1. The molecule has 150 valence electrons. The van der Waals surface area contributed by atoms with Crippen LogP contribution in [0.15, 0.2) is 0 Å². The lowest BCUT2D eigenvalue weighted by atomic mass is 9.49. The number of hydrogen-bond donors (Lipinski definition) is 1. The van der Waals surface area contributed by atoms with Crippen LogP contribution in [0.25, 0.3) is 0 Å². The van der Waals surface area contributed by atoms with Gasteiger partial charge in [-0.2, -0.15) is 5.10 Å². The summed E-state index contributed by atoms with van der Waals surface area (Å²) >= 11 is 0. The van der Waals surface area contributed by atoms with Gasteiger partial charge in [-0.3, -0.25) is 4.68 Å². The van der Waals surface area contributed by atoms with Crippen LogP contribution in [0, 0.1) is 37.0 Å². The van der Waals surface area contributed by atoms with Crippen molar-refractivity contribution in [2.75, 3.05) is 18.1 Å². The van der Waals surface area contributed by atoms with E-state index in [0.717, 1.165) is 42.2 Å². The molecular weight excluding hydrogens is 358 g/mol. The minimum absolute atomic E-state index is 0.0191. The van der Waals surface area contributed by atoms with Gasteiger partial charge in [0.05, 0.1) is 23.2 Å². The molecule has 6 rings (SSSR count). The molecule has 5 aliphatic rings. The van der Waals surface area contributed by atoms with E-state index in [1.807, 2.05) is 4.68 Å². The van der Waals surface area contributed by atoms with E-state index in [1.54, 1.807) is 0 Å². The van der Waals surface area contributed by atoms with E-state index in [9.17, 15) is 8.42 Å². The molecule has 27 heavy (non-hydrogen) atoms. The first-order valence-corrected chi connectivity index (χ1v) is 12.6. The van der Waals surface area contributed by atoms with Gasteiger partial charge in [-0.25, -0.2) is 8.42 Å². The van der Waals surface area contributed by atoms with Crippen molar-refractivity contribution in [3.8, 4) is 0 Å². The number of hydrogen-bond acceptors (Lipinski definition) is 4. The van der Waals surface area contributed by atoms with E-state index in [2.05, 4.69) is 19.2 Å². The fourth-order valence-electron chi connectivity index (χ4n) is 7.24. The summed E-state index contributed by atoms with van der Waals surface area (Å²) in [5.41, 5.74) is 4.01. The molecule has 4 bridgehead atoms. The Morgan fingerprint density at radius 2 is 1.74 bits per heavy atom. The Kier molecular flexibility index (Phi) is 4.25. The standard InChI is InChI=1S/C21H33N3O2S/c1-14-20(15(2)24(23-14)19-3-4-27(25,26)12-19)11-22-13-21-8-16-5-17(9-21)7-18(6-16)10-21/h16-19,22H,3-13H2,1-2H3/t16?,17?,18?,19-,21?/m0/s1. The Balaban J connectivity index is 1.26. The second-order valence-corrected chi connectivity index (χ2v) is 12.4. The normalized spacial score (nSPS) is 39.3. The van der Waals surface area contributed by atoms with Crippen LogP contribution in [-0.4, -0.2) is 36.2 Å². The first-order chi connectivity index (χ1) is 12.8. The van der Waals surface area contributed by atoms with Gasteiger partial charge in [0.25, 0.3) is 0 Å². The summed E-state index contributed by atoms with van der Waals surface area (Å²) in [5.74, 6) is 3.53. The zero-order chi connectivity index (χ0) is 18.8. The van der Waals surface area contributed by atoms with Gasteiger partial charge in [0.1, 0.15) is 0 Å². The van der Waals surface area contributed by atoms with Crippen LogP contribution < -0.4 is 5.32 Å². The molecule has 0 radical (unpaired) electrons. The molecule has 1 atom stereocenters. The van der Waals surface area contributed by atoms with Crippen molar-refractivity contribution in [1.82, 2.24) is 15.1 Å². The van der Waals surface area contributed by atoms with Crippen molar-refractivity contribution in [2.24, 2.45) is 23.2 Å². The van der Waals surface area contributed by atoms with Crippen LogP contribution in [0.1, 0.15) is 67.9 Å². The highest BCUT2D eigenvalue weighted by Crippen LogP contribution is 2.59. The molecule has 4 aliphatic carbocycles. The van der Waals surface area contributed by atoms with Crippen LogP contribution >= 0.6 is 0 Å². The average molecular weight is 392 g/mol. The smallest absolute Gasteiger partial charge is 0.152 e. The van der Waals surface area contributed by atoms with Gasteiger partial charge < -0.3 is 5.32 Å². The predicted molar refractivity (Wildman–Crippen MR) is 106 cm³/mol. The van der Waals surface area contributed by atoms with Crippen molar-refractivity contribution >= 4 is 9.84 Å². The van der Waals surface area contributed by atoms with Crippen molar-refractivity contribution in [3.63, 3.8) is 0 Å². The molecule has 0 unspecified atom stereocenters. The molecule has 0 aromatic carbocycles. The van der Waals surface area contributed by atoms with Crippen molar-refractivity contribution in [1.29, 1.82) is 0 Å². The van der Waals surface area contributed by atoms with E-state index in [0.29, 0.717) is 17.6 Å². The summed E-state index contributed by atoms with van der Waals surface area (Å²) in [6, 6.07) is 0.0191. The molecule has 4 saturated carbocycles. The maximum Gasteiger partial charge on any atom is 0.152 e. The van der Waals surface area contributed by atoms with Crippen LogP contribution in [-0.2, 0) is 16.4 Å². The monoisotopic (exact) mass is 391 g/mol. The molecule has 5 nitrogen and oxygen atoms in total. The molecule has 5 fully saturated rings. The molecule has 1 N–H and O–H groups in total. The third-order valence-corrected chi connectivity index (χ3v) is 9.75. The van der Waals surface area contributed by atoms with Crippen LogP contribution in [0.4, 0.5) is 0 Å². The second kappa shape index (κ2) is 6.31. The van der Waals surface area contributed by atoms with Gasteiger partial charge in [-0.05, 0) is 82.0 Å². The van der Waals surface area contributed by atoms with Gasteiger partial charge in [0, 0.05) is 24.3 Å². The molecule has 0 spiro atoms. The molecular formula is C21H33N3O2S. The van der Waals surface area contributed by atoms with Crippen molar-refractivity contribution < 1.29 is 8.42 Å². The lowest BCUT2D eigenvalue weighted by molar-refractivity contribution is -0.0514. The predicted octanol–water partition coefficient (Wildman–Crippen LogP) is 3.17. The Morgan fingerprint density at radius 3 is 2.30 bits per heavy atom. The van der Waals surface area contributed by atoms with E-state index in [1.165, 1.54) is 44.1 Å².